The summed E-state index contributed by atoms with van der Waals surface area (Å²) in [5, 5.41) is 3.23. The molecule has 7 nitrogen and oxygen atoms in total. The predicted octanol–water partition coefficient (Wildman–Crippen LogP) is 2.68. The molecule has 27 heavy (non-hydrogen) atoms. The Morgan fingerprint density at radius 2 is 2.00 bits per heavy atom. The second-order valence-electron chi connectivity index (χ2n) is 6.45. The van der Waals surface area contributed by atoms with Gasteiger partial charge in [0.25, 0.3) is 0 Å². The number of halogens is 3. The molecule has 2 atom stereocenters. The number of nitrogens with one attached hydrogen (secondary N) is 1. The second kappa shape index (κ2) is 6.41. The maximum Gasteiger partial charge on any atom is 0.226 e. The number of imidazole rings is 1. The van der Waals surface area contributed by atoms with E-state index in [1.54, 1.807) is 25.0 Å². The third kappa shape index (κ3) is 2.97. The number of nitrogens with zero attached hydrogens (tertiary/aromatic N) is 5. The lowest BCUT2D eigenvalue weighted by Crippen LogP contribution is -2.30. The van der Waals surface area contributed by atoms with Crippen molar-refractivity contribution < 1.29 is 13.6 Å². The van der Waals surface area contributed by atoms with E-state index in [1.165, 1.54) is 11.0 Å². The average molecular weight is 393 g/mol. The Labute approximate surface area is 158 Å². The third-order valence-electron chi connectivity index (χ3n) is 4.73. The van der Waals surface area contributed by atoms with Gasteiger partial charge in [0.2, 0.25) is 11.2 Å². The van der Waals surface area contributed by atoms with E-state index in [9.17, 15) is 13.6 Å². The van der Waals surface area contributed by atoms with Crippen LogP contribution in [0.25, 0.3) is 11.2 Å². The van der Waals surface area contributed by atoms with Crippen molar-refractivity contribution in [3.63, 3.8) is 0 Å². The number of aromatic nitrogens is 4. The molecule has 0 radical (unpaired) electrons. The zero-order valence-electron chi connectivity index (χ0n) is 14.4. The van der Waals surface area contributed by atoms with Gasteiger partial charge in [-0.25, -0.2) is 13.8 Å². The van der Waals surface area contributed by atoms with Gasteiger partial charge in [0.05, 0.1) is 18.4 Å². The summed E-state index contributed by atoms with van der Waals surface area (Å²) in [6.07, 6.45) is 1.75. The summed E-state index contributed by atoms with van der Waals surface area (Å²) in [6.45, 7) is 0. The summed E-state index contributed by atoms with van der Waals surface area (Å²) in [7, 11) is 3.40. The minimum atomic E-state index is -0.962. The van der Waals surface area contributed by atoms with Gasteiger partial charge < -0.3 is 14.8 Å². The number of aryl methyl sites for hydroxylation is 1. The Balaban J connectivity index is 1.74. The number of likely N-dealkylation sites (tertiary alicyclic amines) is 1. The molecule has 0 bridgehead atoms. The lowest BCUT2D eigenvalue weighted by atomic mass is 10.00. The molecule has 1 N–H and O–H groups in total. The van der Waals surface area contributed by atoms with Crippen LogP contribution in [0.3, 0.4) is 0 Å². The number of carbonyl (C=O) groups is 1. The Morgan fingerprint density at radius 3 is 2.74 bits per heavy atom. The first kappa shape index (κ1) is 17.6. The van der Waals surface area contributed by atoms with Crippen molar-refractivity contribution in [2.75, 3.05) is 12.4 Å². The van der Waals surface area contributed by atoms with E-state index in [2.05, 4.69) is 20.3 Å². The number of likely N-dealkylation sites (N-methyl/N-ethyl adjacent to an activating group) is 1. The van der Waals surface area contributed by atoms with E-state index in [-0.39, 0.29) is 17.6 Å². The highest BCUT2D eigenvalue weighted by Gasteiger charge is 2.39. The van der Waals surface area contributed by atoms with Gasteiger partial charge in [0, 0.05) is 20.5 Å². The van der Waals surface area contributed by atoms with Crippen molar-refractivity contribution in [3.8, 4) is 0 Å². The maximum absolute atomic E-state index is 13.7. The molecule has 0 saturated carbocycles. The number of hydrogen-bond donors (Lipinski definition) is 1. The molecule has 3 aromatic rings. The molecular formula is C17H15ClF2N6O. The van der Waals surface area contributed by atoms with Crippen molar-refractivity contribution in [3.05, 3.63) is 47.0 Å². The van der Waals surface area contributed by atoms with Gasteiger partial charge in [-0.3, -0.25) is 4.79 Å². The van der Waals surface area contributed by atoms with Gasteiger partial charge in [0.15, 0.2) is 28.6 Å². The van der Waals surface area contributed by atoms with Crippen LogP contribution in [0.5, 0.6) is 0 Å². The quantitative estimate of drug-likeness (QED) is 0.693. The van der Waals surface area contributed by atoms with E-state index in [4.69, 9.17) is 11.6 Å². The lowest BCUT2D eigenvalue weighted by Gasteiger charge is -2.26. The fraction of sp³-hybridized carbons (Fsp3) is 0.294. The molecule has 1 fully saturated rings. The van der Waals surface area contributed by atoms with Crippen LogP contribution in [0.2, 0.25) is 5.28 Å². The van der Waals surface area contributed by atoms with Crippen LogP contribution >= 0.6 is 11.6 Å². The van der Waals surface area contributed by atoms with Crippen LogP contribution in [0.1, 0.15) is 18.0 Å². The molecule has 0 unspecified atom stereocenters. The fourth-order valence-electron chi connectivity index (χ4n) is 3.41. The zero-order valence-corrected chi connectivity index (χ0v) is 15.2. The Bertz CT molecular complexity index is 1060. The molecule has 0 spiro atoms. The summed E-state index contributed by atoms with van der Waals surface area (Å²) < 4.78 is 28.7. The number of benzene rings is 1. The summed E-state index contributed by atoms with van der Waals surface area (Å²) >= 11 is 6.02. The number of fused-ring (bicyclic) bond motifs is 1. The van der Waals surface area contributed by atoms with Gasteiger partial charge in [-0.15, -0.1) is 0 Å². The summed E-state index contributed by atoms with van der Waals surface area (Å²) in [5.74, 6) is -1.64. The monoisotopic (exact) mass is 392 g/mol. The molecular weight excluding hydrogens is 378 g/mol. The smallest absolute Gasteiger partial charge is 0.226 e. The number of hydrogen-bond acceptors (Lipinski definition) is 5. The highest BCUT2D eigenvalue weighted by atomic mass is 35.5. The van der Waals surface area contributed by atoms with Crippen LogP contribution in [0.15, 0.2) is 24.5 Å². The van der Waals surface area contributed by atoms with Gasteiger partial charge >= 0.3 is 0 Å². The molecule has 1 aliphatic rings. The molecule has 140 valence electrons. The molecule has 0 aliphatic carbocycles. The van der Waals surface area contributed by atoms with Crippen molar-refractivity contribution in [1.82, 2.24) is 24.4 Å². The summed E-state index contributed by atoms with van der Waals surface area (Å²) in [5.41, 5.74) is 1.53. The fourth-order valence-corrected chi connectivity index (χ4v) is 3.57. The Morgan fingerprint density at radius 1 is 1.22 bits per heavy atom. The molecule has 1 amide bonds. The van der Waals surface area contributed by atoms with Gasteiger partial charge in [0.1, 0.15) is 0 Å². The zero-order chi connectivity index (χ0) is 19.3. The summed E-state index contributed by atoms with van der Waals surface area (Å²) in [4.78, 5) is 26.4. The van der Waals surface area contributed by atoms with Gasteiger partial charge in [-0.2, -0.15) is 9.97 Å². The second-order valence-corrected chi connectivity index (χ2v) is 6.78. The van der Waals surface area contributed by atoms with Crippen LogP contribution < -0.4 is 5.32 Å². The van der Waals surface area contributed by atoms with Crippen LogP contribution in [0, 0.1) is 11.6 Å². The lowest BCUT2D eigenvalue weighted by molar-refractivity contribution is -0.127. The first-order valence-corrected chi connectivity index (χ1v) is 8.54. The van der Waals surface area contributed by atoms with Gasteiger partial charge in [-0.1, -0.05) is 6.07 Å². The van der Waals surface area contributed by atoms with E-state index in [1.807, 2.05) is 0 Å². The molecule has 1 aromatic carbocycles. The molecule has 1 aliphatic heterocycles. The third-order valence-corrected chi connectivity index (χ3v) is 4.90. The molecule has 4 rings (SSSR count). The Hall–Kier alpha value is -2.81. The van der Waals surface area contributed by atoms with Crippen molar-refractivity contribution in [2.24, 2.45) is 7.05 Å². The van der Waals surface area contributed by atoms with Crippen LogP contribution in [-0.4, -0.2) is 43.4 Å². The van der Waals surface area contributed by atoms with Crippen molar-refractivity contribution in [1.29, 1.82) is 0 Å². The topological polar surface area (TPSA) is 75.9 Å². The number of carbonyl (C=O) groups excluding carboxylic acids is 1. The first-order valence-electron chi connectivity index (χ1n) is 8.17. The highest BCUT2D eigenvalue weighted by Crippen LogP contribution is 2.35. The average Bonchev–Trinajstić information content (AvgIpc) is 3.11. The Kier molecular flexibility index (Phi) is 4.18. The molecule has 10 heteroatoms. The van der Waals surface area contributed by atoms with Crippen molar-refractivity contribution >= 4 is 34.5 Å². The van der Waals surface area contributed by atoms with E-state index in [0.717, 1.165) is 12.1 Å². The standard InChI is InChI=1S/C17H15ClF2N6O/c1-25-7-21-13-15(23-17(18)24-16(13)25)22-11-6-12(27)26(2)14(11)8-3-4-9(19)10(20)5-8/h3-5,7,11,14H,6H2,1-2H3,(H,22,23,24)/t11-,14+/m0/s1. The minimum Gasteiger partial charge on any atom is -0.362 e. The SMILES string of the molecule is CN1C(=O)C[C@H](Nc2nc(Cl)nc3c2ncn3C)[C@H]1c1ccc(F)c(F)c1. The predicted molar refractivity (Wildman–Crippen MR) is 95.2 cm³/mol. The minimum absolute atomic E-state index is 0.0376. The molecule has 3 heterocycles. The van der Waals surface area contributed by atoms with Gasteiger partial charge in [-0.05, 0) is 29.3 Å². The van der Waals surface area contributed by atoms with Crippen molar-refractivity contribution in [2.45, 2.75) is 18.5 Å². The van der Waals surface area contributed by atoms with E-state index in [0.29, 0.717) is 22.5 Å². The number of anilines is 1. The first-order chi connectivity index (χ1) is 12.8. The molecule has 2 aromatic heterocycles. The maximum atomic E-state index is 13.7. The number of rotatable bonds is 3. The number of amides is 1. The van der Waals surface area contributed by atoms with E-state index < -0.39 is 23.7 Å². The largest absolute Gasteiger partial charge is 0.362 e. The van der Waals surface area contributed by atoms with Crippen LogP contribution in [0.4, 0.5) is 14.6 Å². The van der Waals surface area contributed by atoms with Crippen LogP contribution in [-0.2, 0) is 11.8 Å². The molecule has 1 saturated heterocycles. The van der Waals surface area contributed by atoms with E-state index >= 15 is 0 Å². The summed E-state index contributed by atoms with van der Waals surface area (Å²) in [6, 6.07) is 2.70. The normalized spacial score (nSPS) is 19.9. The highest BCUT2D eigenvalue weighted by molar-refractivity contribution is 6.28.